The monoisotopic (exact) mass is 519 g/mol. The molecule has 0 spiro atoms. The fourth-order valence-corrected chi connectivity index (χ4v) is 3.77. The lowest BCUT2D eigenvalue weighted by Gasteiger charge is -2.21. The molecule has 4 amide bonds. The van der Waals surface area contributed by atoms with Gasteiger partial charge in [0.05, 0.1) is 12.6 Å². The predicted molar refractivity (Wildman–Crippen MR) is 146 cm³/mol. The van der Waals surface area contributed by atoms with Crippen molar-refractivity contribution in [3.63, 3.8) is 0 Å². The molecule has 0 fully saturated rings. The third-order valence-electron chi connectivity index (χ3n) is 5.77. The highest BCUT2D eigenvalue weighted by atomic mass is 16.4. The van der Waals surface area contributed by atoms with Crippen molar-refractivity contribution in [3.05, 3.63) is 71.3 Å². The number of benzene rings is 2. The van der Waals surface area contributed by atoms with Gasteiger partial charge in [-0.15, -0.1) is 0 Å². The molecule has 200 valence electrons. The summed E-state index contributed by atoms with van der Waals surface area (Å²) < 4.78 is 0. The molecule has 1 atom stereocenters. The summed E-state index contributed by atoms with van der Waals surface area (Å²) in [7, 11) is 0. The summed E-state index contributed by atoms with van der Waals surface area (Å²) in [4.78, 5) is 54.2. The van der Waals surface area contributed by atoms with Gasteiger partial charge in [-0.05, 0) is 48.2 Å². The van der Waals surface area contributed by atoms with Crippen LogP contribution in [0.3, 0.4) is 0 Å². The van der Waals surface area contributed by atoms with Crippen LogP contribution in [0, 0.1) is 12.8 Å². The number of anilines is 2. The molecule has 10 nitrogen and oxygen atoms in total. The molecule has 0 aromatic heterocycles. The molecule has 1 aliphatic rings. The van der Waals surface area contributed by atoms with E-state index in [1.165, 1.54) is 4.90 Å². The van der Waals surface area contributed by atoms with Crippen LogP contribution in [0.25, 0.3) is 0 Å². The summed E-state index contributed by atoms with van der Waals surface area (Å²) in [5, 5.41) is 17.4. The number of nitrogens with one attached hydrogen (secondary N) is 3. The molecule has 10 heteroatoms. The number of carboxylic acid groups (broad SMARTS) is 1. The van der Waals surface area contributed by atoms with Gasteiger partial charge in [0.2, 0.25) is 11.8 Å². The third kappa shape index (κ3) is 8.29. The van der Waals surface area contributed by atoms with E-state index in [-0.39, 0.29) is 25.0 Å². The van der Waals surface area contributed by atoms with Crippen molar-refractivity contribution in [3.8, 4) is 0 Å². The highest BCUT2D eigenvalue weighted by molar-refractivity contribution is 6.01. The summed E-state index contributed by atoms with van der Waals surface area (Å²) in [5.41, 5.74) is 3.46. The molecular formula is C28H33N5O5. The Balaban J connectivity index is 1.56. The summed E-state index contributed by atoms with van der Waals surface area (Å²) in [6.07, 6.45) is 2.57. The number of rotatable bonds is 10. The van der Waals surface area contributed by atoms with E-state index in [0.29, 0.717) is 23.7 Å². The van der Waals surface area contributed by atoms with Crippen LogP contribution in [-0.4, -0.2) is 59.2 Å². The number of aliphatic carboxylic acids is 1. The summed E-state index contributed by atoms with van der Waals surface area (Å²) in [6, 6.07) is 13.6. The van der Waals surface area contributed by atoms with E-state index >= 15 is 0 Å². The smallest absolute Gasteiger partial charge is 0.323 e. The predicted octanol–water partition coefficient (Wildman–Crippen LogP) is 3.59. The molecule has 1 heterocycles. The number of amides is 4. The van der Waals surface area contributed by atoms with Gasteiger partial charge < -0.3 is 26.0 Å². The first-order valence-corrected chi connectivity index (χ1v) is 12.3. The first-order valence-electron chi connectivity index (χ1n) is 12.3. The molecule has 0 aliphatic carbocycles. The van der Waals surface area contributed by atoms with Crippen LogP contribution in [0.5, 0.6) is 0 Å². The van der Waals surface area contributed by atoms with Crippen LogP contribution in [0.4, 0.5) is 16.2 Å². The van der Waals surface area contributed by atoms with Gasteiger partial charge in [-0.25, -0.2) is 4.79 Å². The van der Waals surface area contributed by atoms with Gasteiger partial charge in [0.15, 0.2) is 0 Å². The number of para-hydroxylation sites is 1. The zero-order chi connectivity index (χ0) is 27.7. The highest BCUT2D eigenvalue weighted by Gasteiger charge is 2.31. The normalized spacial score (nSPS) is 14.9. The number of hydrogen-bond acceptors (Lipinski definition) is 5. The number of aryl methyl sites for hydroxylation is 1. The Labute approximate surface area is 221 Å². The molecule has 0 saturated carbocycles. The van der Waals surface area contributed by atoms with Crippen molar-refractivity contribution < 1.29 is 24.3 Å². The number of carbonyl (C=O) groups is 4. The molecule has 0 saturated heterocycles. The van der Waals surface area contributed by atoms with Crippen LogP contribution in [0.15, 0.2) is 65.2 Å². The van der Waals surface area contributed by atoms with Gasteiger partial charge in [-0.3, -0.25) is 19.4 Å². The zero-order valence-corrected chi connectivity index (χ0v) is 21.7. The van der Waals surface area contributed by atoms with Gasteiger partial charge in [-0.2, -0.15) is 0 Å². The van der Waals surface area contributed by atoms with E-state index in [0.717, 1.165) is 16.8 Å². The fraction of sp³-hybridized carbons (Fsp3) is 0.321. The van der Waals surface area contributed by atoms with E-state index in [9.17, 15) is 19.2 Å². The number of carbonyl (C=O) groups excluding carboxylic acids is 3. The van der Waals surface area contributed by atoms with Crippen molar-refractivity contribution >= 4 is 41.4 Å². The summed E-state index contributed by atoms with van der Waals surface area (Å²) in [6.45, 7) is 6.74. The largest absolute Gasteiger partial charge is 0.481 e. The highest BCUT2D eigenvalue weighted by Crippen LogP contribution is 2.18. The minimum Gasteiger partial charge on any atom is -0.481 e. The average Bonchev–Trinajstić information content (AvgIpc) is 3.29. The van der Waals surface area contributed by atoms with Gasteiger partial charge in [-0.1, -0.05) is 44.2 Å². The van der Waals surface area contributed by atoms with Gasteiger partial charge in [0.1, 0.15) is 6.42 Å². The number of nitrogens with zero attached hydrogens (tertiary/aromatic N) is 2. The average molecular weight is 520 g/mol. The van der Waals surface area contributed by atoms with E-state index in [2.05, 4.69) is 20.9 Å². The van der Waals surface area contributed by atoms with E-state index in [4.69, 9.17) is 5.11 Å². The second-order valence-corrected chi connectivity index (χ2v) is 9.46. The van der Waals surface area contributed by atoms with Crippen molar-refractivity contribution in [2.75, 3.05) is 23.7 Å². The Morgan fingerprint density at radius 2 is 1.79 bits per heavy atom. The number of hydrogen-bond donors (Lipinski definition) is 4. The molecule has 38 heavy (non-hydrogen) atoms. The Morgan fingerprint density at radius 3 is 2.45 bits per heavy atom. The summed E-state index contributed by atoms with van der Waals surface area (Å²) in [5.74, 6) is -1.83. The van der Waals surface area contributed by atoms with Crippen molar-refractivity contribution in [1.82, 2.24) is 10.2 Å². The topological polar surface area (TPSA) is 140 Å². The second-order valence-electron chi connectivity index (χ2n) is 9.46. The van der Waals surface area contributed by atoms with Crippen molar-refractivity contribution in [2.24, 2.45) is 10.9 Å². The Kier molecular flexibility index (Phi) is 9.75. The zero-order valence-electron chi connectivity index (χ0n) is 21.7. The lowest BCUT2D eigenvalue weighted by molar-refractivity contribution is -0.144. The van der Waals surface area contributed by atoms with Crippen LogP contribution in [0.2, 0.25) is 0 Å². The van der Waals surface area contributed by atoms with Gasteiger partial charge in [0, 0.05) is 36.3 Å². The Bertz CT molecular complexity index is 1240. The van der Waals surface area contributed by atoms with Crippen molar-refractivity contribution in [2.45, 2.75) is 39.8 Å². The lowest BCUT2D eigenvalue weighted by Crippen LogP contribution is -2.39. The maximum absolute atomic E-state index is 12.8. The third-order valence-corrected chi connectivity index (χ3v) is 5.77. The molecule has 2 aromatic carbocycles. The molecule has 4 N–H and O–H groups in total. The number of aliphatic imine (C=N–C) groups is 1. The molecular weight excluding hydrogens is 486 g/mol. The van der Waals surface area contributed by atoms with Crippen LogP contribution in [-0.2, 0) is 20.9 Å². The Hall–Kier alpha value is -4.47. The maximum atomic E-state index is 12.8. The number of urea groups is 1. The molecule has 2 aromatic rings. The molecule has 0 radical (unpaired) electrons. The van der Waals surface area contributed by atoms with Crippen LogP contribution in [0.1, 0.15) is 31.4 Å². The SMILES string of the molecule is Cc1ccccc1NC(=O)Nc1ccc(CNC(=O)C2=CC(C=NCC(C)C)N(C(=O)CC(=O)O)C2)cc1. The van der Waals surface area contributed by atoms with E-state index < -0.39 is 24.3 Å². The van der Waals surface area contributed by atoms with Gasteiger partial charge in [0.25, 0.3) is 0 Å². The first kappa shape index (κ1) is 28.1. The minimum atomic E-state index is -1.23. The standard InChI is InChI=1S/C28H33N5O5/c1-18(2)14-29-16-23-12-21(17-33(23)25(34)13-26(35)36)27(37)30-15-20-8-10-22(11-9-20)31-28(38)32-24-7-5-4-6-19(24)3/h4-12,16,18,23H,13-15,17H2,1-3H3,(H,30,37)(H,35,36)(H2,31,32,38). The maximum Gasteiger partial charge on any atom is 0.323 e. The van der Waals surface area contributed by atoms with E-state index in [1.807, 2.05) is 45.0 Å². The summed E-state index contributed by atoms with van der Waals surface area (Å²) >= 11 is 0. The van der Waals surface area contributed by atoms with Crippen molar-refractivity contribution in [1.29, 1.82) is 0 Å². The van der Waals surface area contributed by atoms with E-state index in [1.54, 1.807) is 36.6 Å². The first-order chi connectivity index (χ1) is 18.1. The van der Waals surface area contributed by atoms with Crippen LogP contribution < -0.4 is 16.0 Å². The number of carboxylic acids is 1. The second kappa shape index (κ2) is 13.2. The molecule has 1 unspecified atom stereocenters. The fourth-order valence-electron chi connectivity index (χ4n) is 3.77. The molecule has 3 rings (SSSR count). The van der Waals surface area contributed by atoms with Crippen LogP contribution >= 0.6 is 0 Å². The molecule has 1 aliphatic heterocycles. The quantitative estimate of drug-likeness (QED) is 0.281. The molecule has 0 bridgehead atoms. The minimum absolute atomic E-state index is 0.00910. The van der Waals surface area contributed by atoms with Gasteiger partial charge >= 0.3 is 12.0 Å². The lowest BCUT2D eigenvalue weighted by atomic mass is 10.2. The Morgan fingerprint density at radius 1 is 1.08 bits per heavy atom.